The van der Waals surface area contributed by atoms with Crippen LogP contribution in [0.4, 0.5) is 14.5 Å². The van der Waals surface area contributed by atoms with Gasteiger partial charge in [-0.3, -0.25) is 4.79 Å². The predicted molar refractivity (Wildman–Crippen MR) is 76.4 cm³/mol. The lowest BCUT2D eigenvalue weighted by molar-refractivity contribution is 0.104. The molecule has 3 nitrogen and oxygen atoms in total. The number of allylic oxidation sites excluding steroid dienone is 1. The lowest BCUT2D eigenvalue weighted by Gasteiger charge is -2.02. The molecule has 1 N–H and O–H groups in total. The van der Waals surface area contributed by atoms with E-state index >= 15 is 0 Å². The number of rotatable bonds is 5. The second-order valence-electron chi connectivity index (χ2n) is 4.19. The van der Waals surface area contributed by atoms with Gasteiger partial charge in [-0.25, -0.2) is 8.78 Å². The third-order valence-electron chi connectivity index (χ3n) is 2.78. The summed E-state index contributed by atoms with van der Waals surface area (Å²) in [5, 5.41) is 2.60. The molecular weight excluding hydrogens is 276 g/mol. The number of ketones is 1. The Labute approximate surface area is 120 Å². The van der Waals surface area contributed by atoms with E-state index in [0.717, 1.165) is 12.1 Å². The molecule has 5 heteroatoms. The number of hydrogen-bond acceptors (Lipinski definition) is 3. The van der Waals surface area contributed by atoms with Gasteiger partial charge in [0.1, 0.15) is 17.4 Å². The molecule has 2 aromatic rings. The quantitative estimate of drug-likeness (QED) is 0.672. The first kappa shape index (κ1) is 14.7. The summed E-state index contributed by atoms with van der Waals surface area (Å²) in [4.78, 5) is 11.9. The molecule has 108 valence electrons. The lowest BCUT2D eigenvalue weighted by Crippen LogP contribution is -1.97. The maximum atomic E-state index is 13.3. The number of methoxy groups -OCH3 is 1. The predicted octanol–water partition coefficient (Wildman–Crippen LogP) is 3.78. The van der Waals surface area contributed by atoms with Crippen LogP contribution in [0.25, 0.3) is 0 Å². The van der Waals surface area contributed by atoms with Crippen molar-refractivity contribution in [2.75, 3.05) is 12.4 Å². The van der Waals surface area contributed by atoms with Gasteiger partial charge in [-0.1, -0.05) is 0 Å². The second-order valence-corrected chi connectivity index (χ2v) is 4.19. The zero-order valence-corrected chi connectivity index (χ0v) is 11.3. The number of carbonyl (C=O) groups is 1. The van der Waals surface area contributed by atoms with Gasteiger partial charge in [0.2, 0.25) is 0 Å². The molecule has 0 unspecified atom stereocenters. The molecule has 0 aliphatic rings. The Balaban J connectivity index is 2.01. The highest BCUT2D eigenvalue weighted by Crippen LogP contribution is 2.15. The summed E-state index contributed by atoms with van der Waals surface area (Å²) >= 11 is 0. The SMILES string of the molecule is COc1ccc(C(=O)C=CNc2ccc(F)cc2F)cc1. The molecule has 2 aromatic carbocycles. The van der Waals surface area contributed by atoms with Crippen molar-refractivity contribution in [1.82, 2.24) is 0 Å². The van der Waals surface area contributed by atoms with E-state index < -0.39 is 11.6 Å². The molecule has 2 rings (SSSR count). The van der Waals surface area contributed by atoms with E-state index in [0.29, 0.717) is 11.3 Å². The van der Waals surface area contributed by atoms with Crippen molar-refractivity contribution in [1.29, 1.82) is 0 Å². The van der Waals surface area contributed by atoms with Crippen molar-refractivity contribution < 1.29 is 18.3 Å². The Morgan fingerprint density at radius 3 is 2.48 bits per heavy atom. The number of nitrogens with one attached hydrogen (secondary N) is 1. The zero-order valence-electron chi connectivity index (χ0n) is 11.3. The standard InChI is InChI=1S/C16H13F2NO2/c1-21-13-5-2-11(3-6-13)16(20)8-9-19-15-7-4-12(17)10-14(15)18/h2-10,19H,1H3. The van der Waals surface area contributed by atoms with Crippen LogP contribution < -0.4 is 10.1 Å². The molecule has 0 amide bonds. The summed E-state index contributed by atoms with van der Waals surface area (Å²) in [6.45, 7) is 0. The van der Waals surface area contributed by atoms with Gasteiger partial charge >= 0.3 is 0 Å². The monoisotopic (exact) mass is 289 g/mol. The highest BCUT2D eigenvalue weighted by Gasteiger charge is 2.03. The Kier molecular flexibility index (Phi) is 4.66. The van der Waals surface area contributed by atoms with Crippen molar-refractivity contribution in [3.63, 3.8) is 0 Å². The molecule has 0 heterocycles. The third kappa shape index (κ3) is 3.89. The molecule has 21 heavy (non-hydrogen) atoms. The smallest absolute Gasteiger partial charge is 0.187 e. The first-order chi connectivity index (χ1) is 10.1. The maximum Gasteiger partial charge on any atom is 0.187 e. The third-order valence-corrected chi connectivity index (χ3v) is 2.78. The molecular formula is C16H13F2NO2. The van der Waals surface area contributed by atoms with Crippen LogP contribution in [0.5, 0.6) is 5.75 Å². The molecule has 0 aliphatic carbocycles. The summed E-state index contributed by atoms with van der Waals surface area (Å²) in [5.41, 5.74) is 0.573. The van der Waals surface area contributed by atoms with E-state index in [-0.39, 0.29) is 11.5 Å². The summed E-state index contributed by atoms with van der Waals surface area (Å²) in [7, 11) is 1.54. The van der Waals surface area contributed by atoms with Crippen LogP contribution >= 0.6 is 0 Å². The van der Waals surface area contributed by atoms with Crippen molar-refractivity contribution in [3.05, 3.63) is 71.9 Å². The lowest BCUT2D eigenvalue weighted by atomic mass is 10.1. The minimum atomic E-state index is -0.725. The van der Waals surface area contributed by atoms with E-state index in [4.69, 9.17) is 4.74 Å². The number of ether oxygens (including phenoxy) is 1. The zero-order chi connectivity index (χ0) is 15.2. The van der Waals surface area contributed by atoms with Gasteiger partial charge in [0, 0.05) is 23.9 Å². The van der Waals surface area contributed by atoms with Crippen molar-refractivity contribution in [2.24, 2.45) is 0 Å². The van der Waals surface area contributed by atoms with E-state index in [1.54, 1.807) is 24.3 Å². The van der Waals surface area contributed by atoms with Gasteiger partial charge in [-0.2, -0.15) is 0 Å². The van der Waals surface area contributed by atoms with Gasteiger partial charge in [0.05, 0.1) is 12.8 Å². The first-order valence-electron chi connectivity index (χ1n) is 6.16. The van der Waals surface area contributed by atoms with Gasteiger partial charge in [0.25, 0.3) is 0 Å². The van der Waals surface area contributed by atoms with Crippen molar-refractivity contribution in [2.45, 2.75) is 0 Å². The van der Waals surface area contributed by atoms with Gasteiger partial charge in [-0.05, 0) is 36.4 Å². The van der Waals surface area contributed by atoms with E-state index in [9.17, 15) is 13.6 Å². The van der Waals surface area contributed by atoms with E-state index in [1.807, 2.05) is 0 Å². The second kappa shape index (κ2) is 6.65. The fourth-order valence-electron chi connectivity index (χ4n) is 1.67. The molecule has 0 saturated carbocycles. The van der Waals surface area contributed by atoms with Crippen LogP contribution in [0.1, 0.15) is 10.4 Å². The fourth-order valence-corrected chi connectivity index (χ4v) is 1.67. The van der Waals surface area contributed by atoms with Crippen molar-refractivity contribution >= 4 is 11.5 Å². The summed E-state index contributed by atoms with van der Waals surface area (Å²) in [6.07, 6.45) is 2.58. The van der Waals surface area contributed by atoms with E-state index in [2.05, 4.69) is 5.32 Å². The number of anilines is 1. The van der Waals surface area contributed by atoms with Crippen LogP contribution in [0.2, 0.25) is 0 Å². The van der Waals surface area contributed by atoms with Crippen LogP contribution in [0.3, 0.4) is 0 Å². The number of benzene rings is 2. The average molecular weight is 289 g/mol. The largest absolute Gasteiger partial charge is 0.497 e. The van der Waals surface area contributed by atoms with Crippen LogP contribution in [-0.2, 0) is 0 Å². The minimum Gasteiger partial charge on any atom is -0.497 e. The van der Waals surface area contributed by atoms with Crippen LogP contribution in [0, 0.1) is 11.6 Å². The molecule has 0 radical (unpaired) electrons. The molecule has 0 bridgehead atoms. The highest BCUT2D eigenvalue weighted by molar-refractivity contribution is 6.04. The topological polar surface area (TPSA) is 38.3 Å². The maximum absolute atomic E-state index is 13.3. The Bertz CT molecular complexity index is 666. The molecule has 0 aliphatic heterocycles. The highest BCUT2D eigenvalue weighted by atomic mass is 19.1. The summed E-state index contributed by atoms with van der Waals surface area (Å²) in [5.74, 6) is -0.970. The molecule has 0 spiro atoms. The normalized spacial score (nSPS) is 10.6. The molecule has 0 atom stereocenters. The number of halogens is 2. The Morgan fingerprint density at radius 1 is 1.14 bits per heavy atom. The summed E-state index contributed by atoms with van der Waals surface area (Å²) in [6, 6.07) is 9.76. The average Bonchev–Trinajstić information content (AvgIpc) is 2.49. The molecule has 0 aromatic heterocycles. The molecule has 0 saturated heterocycles. The van der Waals surface area contributed by atoms with Crippen molar-refractivity contribution in [3.8, 4) is 5.75 Å². The Morgan fingerprint density at radius 2 is 1.86 bits per heavy atom. The van der Waals surface area contributed by atoms with Crippen LogP contribution in [0.15, 0.2) is 54.7 Å². The minimum absolute atomic E-state index is 0.0928. The van der Waals surface area contributed by atoms with Crippen LogP contribution in [-0.4, -0.2) is 12.9 Å². The fraction of sp³-hybridized carbons (Fsp3) is 0.0625. The first-order valence-corrected chi connectivity index (χ1v) is 6.16. The molecule has 0 fully saturated rings. The van der Waals surface area contributed by atoms with Gasteiger partial charge in [0.15, 0.2) is 5.78 Å². The van der Waals surface area contributed by atoms with E-state index in [1.165, 1.54) is 25.5 Å². The number of hydrogen-bond donors (Lipinski definition) is 1. The summed E-state index contributed by atoms with van der Waals surface area (Å²) < 4.78 is 31.1. The number of carbonyl (C=O) groups excluding carboxylic acids is 1. The Hall–Kier alpha value is -2.69. The van der Waals surface area contributed by atoms with Gasteiger partial charge in [-0.15, -0.1) is 0 Å². The van der Waals surface area contributed by atoms with Gasteiger partial charge < -0.3 is 10.1 Å².